The van der Waals surface area contributed by atoms with Crippen LogP contribution >= 0.6 is 0 Å². The Labute approximate surface area is 115 Å². The van der Waals surface area contributed by atoms with Crippen molar-refractivity contribution in [2.75, 3.05) is 6.54 Å². The summed E-state index contributed by atoms with van der Waals surface area (Å²) in [4.78, 5) is 10.8. The van der Waals surface area contributed by atoms with E-state index in [1.165, 1.54) is 19.1 Å². The molecule has 3 N–H and O–H groups in total. The van der Waals surface area contributed by atoms with Gasteiger partial charge < -0.3 is 15.5 Å². The van der Waals surface area contributed by atoms with Gasteiger partial charge in [-0.3, -0.25) is 4.79 Å². The van der Waals surface area contributed by atoms with Crippen LogP contribution in [0.4, 0.5) is 4.39 Å². The molecule has 0 radical (unpaired) electrons. The van der Waals surface area contributed by atoms with Crippen molar-refractivity contribution in [3.63, 3.8) is 0 Å². The van der Waals surface area contributed by atoms with E-state index in [1.54, 1.807) is 24.3 Å². The predicted molar refractivity (Wildman–Crippen MR) is 73.6 cm³/mol. The van der Waals surface area contributed by atoms with Gasteiger partial charge in [0.2, 0.25) is 5.91 Å². The van der Waals surface area contributed by atoms with E-state index < -0.39 is 12.2 Å². The molecule has 106 valence electrons. The molecule has 2 aromatic carbocycles. The molecular formula is C15H16FNO3. The van der Waals surface area contributed by atoms with Gasteiger partial charge in [0.15, 0.2) is 0 Å². The lowest BCUT2D eigenvalue weighted by molar-refractivity contribution is -0.119. The third-order valence-corrected chi connectivity index (χ3v) is 3.15. The van der Waals surface area contributed by atoms with Gasteiger partial charge in [-0.05, 0) is 17.0 Å². The summed E-state index contributed by atoms with van der Waals surface area (Å²) in [6, 6.07) is 9.43. The van der Waals surface area contributed by atoms with E-state index in [2.05, 4.69) is 5.32 Å². The summed E-state index contributed by atoms with van der Waals surface area (Å²) >= 11 is 0. The van der Waals surface area contributed by atoms with Crippen molar-refractivity contribution in [2.45, 2.75) is 19.1 Å². The number of rotatable bonds is 4. The number of amides is 1. The van der Waals surface area contributed by atoms with Crippen molar-refractivity contribution < 1.29 is 19.4 Å². The Morgan fingerprint density at radius 3 is 2.50 bits per heavy atom. The van der Waals surface area contributed by atoms with Crippen molar-refractivity contribution >= 4 is 16.7 Å². The van der Waals surface area contributed by atoms with Gasteiger partial charge in [0.05, 0.1) is 0 Å². The lowest BCUT2D eigenvalue weighted by Gasteiger charge is -2.20. The second-order valence-electron chi connectivity index (χ2n) is 4.63. The number of hydrogen-bond donors (Lipinski definition) is 3. The molecule has 0 aliphatic heterocycles. The summed E-state index contributed by atoms with van der Waals surface area (Å²) < 4.78 is 13.7. The van der Waals surface area contributed by atoms with E-state index in [4.69, 9.17) is 0 Å². The average Bonchev–Trinajstić information content (AvgIpc) is 2.44. The molecule has 1 amide bonds. The molecule has 2 atom stereocenters. The molecule has 5 heteroatoms. The predicted octanol–water partition coefficient (Wildman–Crippen LogP) is 1.51. The van der Waals surface area contributed by atoms with Crippen LogP contribution in [0.1, 0.15) is 18.6 Å². The molecule has 0 aromatic heterocycles. The fourth-order valence-electron chi connectivity index (χ4n) is 2.11. The summed E-state index contributed by atoms with van der Waals surface area (Å²) in [5.74, 6) is -0.673. The topological polar surface area (TPSA) is 69.6 Å². The molecule has 0 fully saturated rings. The molecule has 0 saturated heterocycles. The monoisotopic (exact) mass is 277 g/mol. The third kappa shape index (κ3) is 2.95. The first kappa shape index (κ1) is 14.4. The van der Waals surface area contributed by atoms with Crippen LogP contribution in [0, 0.1) is 5.82 Å². The van der Waals surface area contributed by atoms with Gasteiger partial charge in [-0.25, -0.2) is 4.39 Å². The van der Waals surface area contributed by atoms with Crippen molar-refractivity contribution in [3.8, 4) is 0 Å². The van der Waals surface area contributed by atoms with Gasteiger partial charge in [0.25, 0.3) is 0 Å². The second-order valence-corrected chi connectivity index (χ2v) is 4.63. The Balaban J connectivity index is 2.32. The van der Waals surface area contributed by atoms with E-state index in [9.17, 15) is 19.4 Å². The molecule has 0 aliphatic carbocycles. The van der Waals surface area contributed by atoms with Crippen LogP contribution in [0.5, 0.6) is 0 Å². The van der Waals surface area contributed by atoms with Gasteiger partial charge in [0, 0.05) is 18.9 Å². The number of carbonyl (C=O) groups excluding carboxylic acids is 1. The molecule has 2 unspecified atom stereocenters. The Hall–Kier alpha value is -1.98. The SMILES string of the molecule is CC(=O)NCC(O)C(O)c1ccc(F)c2ccccc12. The minimum Gasteiger partial charge on any atom is -0.388 e. The number of benzene rings is 2. The fourth-order valence-corrected chi connectivity index (χ4v) is 2.11. The standard InChI is InChI=1S/C15H16FNO3/c1-9(18)17-8-14(19)15(20)12-6-7-13(16)11-5-3-2-4-10(11)12/h2-7,14-15,19-20H,8H2,1H3,(H,17,18). The van der Waals surface area contributed by atoms with Crippen LogP contribution < -0.4 is 5.32 Å². The van der Waals surface area contributed by atoms with E-state index in [0.717, 1.165) is 0 Å². The quantitative estimate of drug-likeness (QED) is 0.793. The van der Waals surface area contributed by atoms with Gasteiger partial charge in [0.1, 0.15) is 18.0 Å². The fraction of sp³-hybridized carbons (Fsp3) is 0.267. The maximum absolute atomic E-state index is 13.7. The van der Waals surface area contributed by atoms with Crippen molar-refractivity contribution in [1.29, 1.82) is 0 Å². The number of hydrogen-bond acceptors (Lipinski definition) is 3. The Morgan fingerprint density at radius 2 is 1.85 bits per heavy atom. The maximum Gasteiger partial charge on any atom is 0.216 e. The number of halogens is 1. The largest absolute Gasteiger partial charge is 0.388 e. The zero-order chi connectivity index (χ0) is 14.7. The highest BCUT2D eigenvalue weighted by molar-refractivity contribution is 5.86. The lowest BCUT2D eigenvalue weighted by Crippen LogP contribution is -2.34. The maximum atomic E-state index is 13.7. The number of carbonyl (C=O) groups is 1. The summed E-state index contributed by atoms with van der Waals surface area (Å²) in [5.41, 5.74) is 0.430. The molecular weight excluding hydrogens is 261 g/mol. The van der Waals surface area contributed by atoms with Crippen LogP contribution in [0.15, 0.2) is 36.4 Å². The molecule has 2 rings (SSSR count). The zero-order valence-electron chi connectivity index (χ0n) is 11.0. The van der Waals surface area contributed by atoms with E-state index in [1.807, 2.05) is 0 Å². The molecule has 0 spiro atoms. The molecule has 0 heterocycles. The van der Waals surface area contributed by atoms with E-state index in [-0.39, 0.29) is 18.3 Å². The molecule has 2 aromatic rings. The average molecular weight is 277 g/mol. The minimum absolute atomic E-state index is 0.0673. The summed E-state index contributed by atoms with van der Waals surface area (Å²) in [6.45, 7) is 1.26. The first-order valence-corrected chi connectivity index (χ1v) is 6.28. The van der Waals surface area contributed by atoms with Crippen molar-refractivity contribution in [3.05, 3.63) is 47.8 Å². The lowest BCUT2D eigenvalue weighted by atomic mass is 9.97. The van der Waals surface area contributed by atoms with Crippen molar-refractivity contribution in [2.24, 2.45) is 0 Å². The third-order valence-electron chi connectivity index (χ3n) is 3.15. The molecule has 4 nitrogen and oxygen atoms in total. The Bertz CT molecular complexity index is 630. The number of fused-ring (bicyclic) bond motifs is 1. The van der Waals surface area contributed by atoms with Crippen LogP contribution in [0.25, 0.3) is 10.8 Å². The van der Waals surface area contributed by atoms with E-state index >= 15 is 0 Å². The molecule has 20 heavy (non-hydrogen) atoms. The number of aliphatic hydroxyl groups excluding tert-OH is 2. The highest BCUT2D eigenvalue weighted by atomic mass is 19.1. The van der Waals surface area contributed by atoms with Gasteiger partial charge in [-0.1, -0.05) is 30.3 Å². The summed E-state index contributed by atoms with van der Waals surface area (Å²) in [7, 11) is 0. The van der Waals surface area contributed by atoms with Gasteiger partial charge >= 0.3 is 0 Å². The Morgan fingerprint density at radius 1 is 1.20 bits per heavy atom. The van der Waals surface area contributed by atoms with Crippen molar-refractivity contribution in [1.82, 2.24) is 5.32 Å². The van der Waals surface area contributed by atoms with Crippen LogP contribution in [0.3, 0.4) is 0 Å². The molecule has 0 aliphatic rings. The first-order valence-electron chi connectivity index (χ1n) is 6.28. The van der Waals surface area contributed by atoms with Gasteiger partial charge in [-0.2, -0.15) is 0 Å². The van der Waals surface area contributed by atoms with Gasteiger partial charge in [-0.15, -0.1) is 0 Å². The minimum atomic E-state index is -1.20. The highest BCUT2D eigenvalue weighted by Crippen LogP contribution is 2.28. The Kier molecular flexibility index (Phi) is 4.32. The normalized spacial score (nSPS) is 14.0. The summed E-state index contributed by atoms with van der Waals surface area (Å²) in [5, 5.41) is 23.4. The van der Waals surface area contributed by atoms with Crippen LogP contribution in [0.2, 0.25) is 0 Å². The van der Waals surface area contributed by atoms with Crippen LogP contribution in [-0.2, 0) is 4.79 Å². The molecule has 0 saturated carbocycles. The number of aliphatic hydroxyl groups is 2. The van der Waals surface area contributed by atoms with Crippen LogP contribution in [-0.4, -0.2) is 28.8 Å². The molecule has 0 bridgehead atoms. The zero-order valence-corrected chi connectivity index (χ0v) is 11.0. The number of nitrogens with one attached hydrogen (secondary N) is 1. The smallest absolute Gasteiger partial charge is 0.216 e. The van der Waals surface area contributed by atoms with E-state index in [0.29, 0.717) is 16.3 Å². The highest BCUT2D eigenvalue weighted by Gasteiger charge is 2.21. The first-order chi connectivity index (χ1) is 9.50. The summed E-state index contributed by atoms with van der Waals surface area (Å²) in [6.07, 6.45) is -2.36. The second kappa shape index (κ2) is 5.98.